The van der Waals surface area contributed by atoms with Crippen LogP contribution >= 0.6 is 34.4 Å². The Bertz CT molecular complexity index is 832. The average molecular weight is 391 g/mol. The first-order valence-corrected chi connectivity index (χ1v) is 10.4. The third kappa shape index (κ3) is 5.04. The van der Waals surface area contributed by atoms with Crippen LogP contribution in [0.2, 0.25) is 0 Å². The third-order valence-corrected chi connectivity index (χ3v) is 6.33. The van der Waals surface area contributed by atoms with Crippen molar-refractivity contribution in [2.75, 3.05) is 18.1 Å². The summed E-state index contributed by atoms with van der Waals surface area (Å²) in [5.74, 6) is 0.447. The van der Waals surface area contributed by atoms with Crippen molar-refractivity contribution in [3.63, 3.8) is 0 Å². The number of nitrogens with zero attached hydrogens (tertiary/aromatic N) is 3. The topological polar surface area (TPSA) is 58.1 Å². The highest BCUT2D eigenvalue weighted by Gasteiger charge is 2.13. The predicted octanol–water partition coefficient (Wildman–Crippen LogP) is 4.40. The summed E-state index contributed by atoms with van der Waals surface area (Å²) >= 11 is 4.54. The molecule has 0 atom stereocenters. The molecule has 0 saturated heterocycles. The molecular weight excluding hydrogens is 372 g/mol. The number of nitrogens with one attached hydrogen (secondary N) is 1. The van der Waals surface area contributed by atoms with Crippen LogP contribution in [-0.4, -0.2) is 33.8 Å². The summed E-state index contributed by atoms with van der Waals surface area (Å²) in [7, 11) is 1.83. The molecule has 25 heavy (non-hydrogen) atoms. The number of hydrogen-bond donors (Lipinski definition) is 1. The number of thioether (sulfide) groups is 1. The number of carbonyl (C=O) groups excluding carboxylic acids is 1. The standard InChI is InChI=1S/C17H18N4OS3/c1-12-6-3-4-8-14(12)18-16-19-20-17(25-16)24-11-15(22)21(2)10-13-7-5-9-23-13/h3-9H,10-11H2,1-2H3,(H,18,19). The van der Waals surface area contributed by atoms with Crippen LogP contribution in [0.25, 0.3) is 0 Å². The van der Waals surface area contributed by atoms with E-state index in [0.29, 0.717) is 12.3 Å². The average Bonchev–Trinajstić information content (AvgIpc) is 3.26. The molecule has 2 heterocycles. The number of aromatic nitrogens is 2. The fraction of sp³-hybridized carbons (Fsp3) is 0.235. The lowest BCUT2D eigenvalue weighted by Gasteiger charge is -2.15. The fourth-order valence-corrected chi connectivity index (χ4v) is 4.57. The van der Waals surface area contributed by atoms with Crippen LogP contribution in [0.4, 0.5) is 10.8 Å². The van der Waals surface area contributed by atoms with Crippen molar-refractivity contribution in [1.29, 1.82) is 0 Å². The second-order valence-corrected chi connectivity index (χ2v) is 8.66. The van der Waals surface area contributed by atoms with Gasteiger partial charge in [0.05, 0.1) is 12.3 Å². The largest absolute Gasteiger partial charge is 0.340 e. The zero-order valence-corrected chi connectivity index (χ0v) is 16.4. The number of amides is 1. The Hall–Kier alpha value is -1.90. The highest BCUT2D eigenvalue weighted by atomic mass is 32.2. The SMILES string of the molecule is Cc1ccccc1Nc1nnc(SCC(=O)N(C)Cc2cccs2)s1. The molecule has 1 aromatic carbocycles. The smallest absolute Gasteiger partial charge is 0.233 e. The van der Waals surface area contributed by atoms with E-state index in [4.69, 9.17) is 0 Å². The lowest BCUT2D eigenvalue weighted by molar-refractivity contribution is -0.127. The van der Waals surface area contributed by atoms with Gasteiger partial charge in [0.2, 0.25) is 11.0 Å². The molecule has 0 unspecified atom stereocenters. The summed E-state index contributed by atoms with van der Waals surface area (Å²) in [5, 5.41) is 14.3. The number of hydrogen-bond acceptors (Lipinski definition) is 7. The maximum atomic E-state index is 12.2. The van der Waals surface area contributed by atoms with Gasteiger partial charge in [-0.3, -0.25) is 4.79 Å². The number of aryl methyl sites for hydroxylation is 1. The molecule has 0 aliphatic heterocycles. The molecule has 0 bridgehead atoms. The van der Waals surface area contributed by atoms with Gasteiger partial charge in [-0.25, -0.2) is 0 Å². The van der Waals surface area contributed by atoms with E-state index in [1.54, 1.807) is 16.2 Å². The molecule has 0 spiro atoms. The van der Waals surface area contributed by atoms with E-state index < -0.39 is 0 Å². The van der Waals surface area contributed by atoms with Gasteiger partial charge in [0.1, 0.15) is 0 Å². The molecule has 1 amide bonds. The number of benzene rings is 1. The third-order valence-electron chi connectivity index (χ3n) is 3.51. The van der Waals surface area contributed by atoms with Gasteiger partial charge in [-0.05, 0) is 30.0 Å². The van der Waals surface area contributed by atoms with E-state index in [-0.39, 0.29) is 5.91 Å². The number of rotatable bonds is 7. The second kappa shape index (κ2) is 8.46. The Labute approximate surface area is 159 Å². The number of carbonyl (C=O) groups is 1. The van der Waals surface area contributed by atoms with E-state index in [1.165, 1.54) is 28.0 Å². The quantitative estimate of drug-likeness (QED) is 0.606. The van der Waals surface area contributed by atoms with Crippen LogP contribution in [0, 0.1) is 6.92 Å². The zero-order chi connectivity index (χ0) is 17.6. The maximum absolute atomic E-state index is 12.2. The normalized spacial score (nSPS) is 10.6. The summed E-state index contributed by atoms with van der Waals surface area (Å²) in [6.45, 7) is 2.69. The van der Waals surface area contributed by atoms with Gasteiger partial charge in [-0.15, -0.1) is 21.5 Å². The molecule has 3 rings (SSSR count). The fourth-order valence-electron chi connectivity index (χ4n) is 2.11. The van der Waals surface area contributed by atoms with Crippen LogP contribution in [0.15, 0.2) is 46.1 Å². The minimum atomic E-state index is 0.0852. The molecule has 3 aromatic rings. The maximum Gasteiger partial charge on any atom is 0.233 e. The lowest BCUT2D eigenvalue weighted by Crippen LogP contribution is -2.27. The highest BCUT2D eigenvalue weighted by Crippen LogP contribution is 2.28. The molecule has 2 aromatic heterocycles. The number of thiophene rings is 1. The van der Waals surface area contributed by atoms with Crippen molar-refractivity contribution in [2.24, 2.45) is 0 Å². The molecule has 0 fully saturated rings. The van der Waals surface area contributed by atoms with Crippen LogP contribution in [-0.2, 0) is 11.3 Å². The van der Waals surface area contributed by atoms with Gasteiger partial charge in [0.25, 0.3) is 0 Å². The molecule has 0 saturated carbocycles. The summed E-state index contributed by atoms with van der Waals surface area (Å²) in [6, 6.07) is 12.1. The van der Waals surface area contributed by atoms with Crippen LogP contribution in [0.5, 0.6) is 0 Å². The summed E-state index contributed by atoms with van der Waals surface area (Å²) in [6.07, 6.45) is 0. The summed E-state index contributed by atoms with van der Waals surface area (Å²) in [5.41, 5.74) is 2.17. The Balaban J connectivity index is 1.51. The van der Waals surface area contributed by atoms with Gasteiger partial charge in [-0.2, -0.15) is 0 Å². The lowest BCUT2D eigenvalue weighted by atomic mass is 10.2. The summed E-state index contributed by atoms with van der Waals surface area (Å²) < 4.78 is 0.786. The second-order valence-electron chi connectivity index (χ2n) is 5.43. The van der Waals surface area contributed by atoms with Crippen molar-refractivity contribution in [2.45, 2.75) is 17.8 Å². The Kier molecular flexibility index (Phi) is 6.06. The molecule has 0 radical (unpaired) electrons. The van der Waals surface area contributed by atoms with Gasteiger partial charge in [0, 0.05) is 17.6 Å². The van der Waals surface area contributed by atoms with Gasteiger partial charge >= 0.3 is 0 Å². The summed E-state index contributed by atoms with van der Waals surface area (Å²) in [4.78, 5) is 15.2. The monoisotopic (exact) mass is 390 g/mol. The molecule has 130 valence electrons. The van der Waals surface area contributed by atoms with Crippen molar-refractivity contribution < 1.29 is 4.79 Å². The zero-order valence-electron chi connectivity index (χ0n) is 13.9. The first-order chi connectivity index (χ1) is 12.1. The van der Waals surface area contributed by atoms with E-state index in [0.717, 1.165) is 20.7 Å². The molecule has 5 nitrogen and oxygen atoms in total. The number of anilines is 2. The van der Waals surface area contributed by atoms with Crippen LogP contribution in [0.3, 0.4) is 0 Å². The van der Waals surface area contributed by atoms with Gasteiger partial charge in [0.15, 0.2) is 4.34 Å². The Morgan fingerprint density at radius 1 is 1.24 bits per heavy atom. The minimum Gasteiger partial charge on any atom is -0.340 e. The first kappa shape index (κ1) is 17.9. The van der Waals surface area contributed by atoms with Gasteiger partial charge < -0.3 is 10.2 Å². The van der Waals surface area contributed by atoms with Crippen molar-refractivity contribution in [3.05, 3.63) is 52.2 Å². The Morgan fingerprint density at radius 2 is 2.08 bits per heavy atom. The molecule has 1 N–H and O–H groups in total. The molecule has 0 aliphatic rings. The minimum absolute atomic E-state index is 0.0852. The van der Waals surface area contributed by atoms with E-state index in [9.17, 15) is 4.79 Å². The van der Waals surface area contributed by atoms with Crippen molar-refractivity contribution >= 4 is 51.2 Å². The van der Waals surface area contributed by atoms with Crippen LogP contribution in [0.1, 0.15) is 10.4 Å². The van der Waals surface area contributed by atoms with Gasteiger partial charge in [-0.1, -0.05) is 47.4 Å². The van der Waals surface area contributed by atoms with E-state index in [2.05, 4.69) is 15.5 Å². The predicted molar refractivity (Wildman–Crippen MR) is 106 cm³/mol. The molecule has 0 aliphatic carbocycles. The van der Waals surface area contributed by atoms with E-state index >= 15 is 0 Å². The highest BCUT2D eigenvalue weighted by molar-refractivity contribution is 8.01. The van der Waals surface area contributed by atoms with Crippen molar-refractivity contribution in [3.8, 4) is 0 Å². The van der Waals surface area contributed by atoms with Crippen molar-refractivity contribution in [1.82, 2.24) is 15.1 Å². The molecular formula is C17H18N4OS3. The first-order valence-electron chi connectivity index (χ1n) is 7.67. The van der Waals surface area contributed by atoms with E-state index in [1.807, 2.05) is 55.7 Å². The molecule has 8 heteroatoms. The Morgan fingerprint density at radius 3 is 2.84 bits per heavy atom. The van der Waals surface area contributed by atoms with Crippen LogP contribution < -0.4 is 5.32 Å². The number of para-hydroxylation sites is 1.